The molecule has 1 aromatic heterocycles. The van der Waals surface area contributed by atoms with Gasteiger partial charge in [-0.05, 0) is 36.8 Å². The van der Waals surface area contributed by atoms with Crippen molar-refractivity contribution < 1.29 is 14.3 Å². The van der Waals surface area contributed by atoms with Crippen LogP contribution in [0.1, 0.15) is 18.9 Å². The van der Waals surface area contributed by atoms with Gasteiger partial charge in [0.2, 0.25) is 11.8 Å². The lowest BCUT2D eigenvalue weighted by Crippen LogP contribution is -2.22. The maximum Gasteiger partial charge on any atom is 0.244 e. The number of carbonyl (C=O) groups is 2. The fourth-order valence-corrected chi connectivity index (χ4v) is 2.04. The van der Waals surface area contributed by atoms with E-state index < -0.39 is 0 Å². The topological polar surface area (TPSA) is 92.7 Å². The van der Waals surface area contributed by atoms with E-state index in [2.05, 4.69) is 20.8 Å². The molecule has 0 atom stereocenters. The second kappa shape index (κ2) is 9.17. The largest absolute Gasteiger partial charge is 0.497 e. The lowest BCUT2D eigenvalue weighted by molar-refractivity contribution is -0.120. The number of benzene rings is 1. The highest BCUT2D eigenvalue weighted by Gasteiger charge is 2.06. The number of hydrogen-bond donors (Lipinski definition) is 2. The van der Waals surface area contributed by atoms with Crippen molar-refractivity contribution in [2.45, 2.75) is 19.8 Å². The molecule has 1 aromatic carbocycles. The quantitative estimate of drug-likeness (QED) is 0.597. The summed E-state index contributed by atoms with van der Waals surface area (Å²) in [6.45, 7) is 1.68. The normalized spacial score (nSPS) is 10.9. The lowest BCUT2D eigenvalue weighted by atomic mass is 10.1. The van der Waals surface area contributed by atoms with Crippen molar-refractivity contribution in [1.29, 1.82) is 0 Å². The molecule has 0 spiro atoms. The van der Waals surface area contributed by atoms with E-state index >= 15 is 0 Å². The van der Waals surface area contributed by atoms with Gasteiger partial charge in [0, 0.05) is 11.9 Å². The fraction of sp³-hybridized carbons (Fsp3) is 0.222. The van der Waals surface area contributed by atoms with E-state index in [-0.39, 0.29) is 24.7 Å². The third kappa shape index (κ3) is 6.42. The van der Waals surface area contributed by atoms with Gasteiger partial charge in [-0.3, -0.25) is 14.6 Å². The van der Waals surface area contributed by atoms with Crippen LogP contribution in [0.4, 0.5) is 5.69 Å². The van der Waals surface area contributed by atoms with Crippen molar-refractivity contribution in [3.63, 3.8) is 0 Å². The number of rotatable bonds is 7. The molecule has 1 heterocycles. The molecule has 0 aliphatic carbocycles. The van der Waals surface area contributed by atoms with Crippen molar-refractivity contribution in [3.8, 4) is 5.75 Å². The summed E-state index contributed by atoms with van der Waals surface area (Å²) in [6, 6.07) is 10.7. The van der Waals surface area contributed by atoms with E-state index in [0.717, 1.165) is 11.3 Å². The molecule has 0 radical (unpaired) electrons. The van der Waals surface area contributed by atoms with Crippen LogP contribution in [0.3, 0.4) is 0 Å². The molecule has 130 valence electrons. The first-order valence-corrected chi connectivity index (χ1v) is 7.71. The molecule has 7 nitrogen and oxygen atoms in total. The number of hydrogen-bond acceptors (Lipinski definition) is 5. The van der Waals surface area contributed by atoms with Gasteiger partial charge in [0.15, 0.2) is 0 Å². The molecule has 0 aliphatic rings. The zero-order chi connectivity index (χ0) is 18.1. The third-order valence-corrected chi connectivity index (χ3v) is 3.26. The standard InChI is InChI=1S/C18H20N4O3/c1-13(10-17(23)20-15-4-3-9-19-12-15)21-22-18(24)11-14-5-7-16(25-2)8-6-14/h3-9,12H,10-11H2,1-2H3,(H,20,23)(H,22,24)/b21-13+. The number of anilines is 1. The molecular formula is C18H20N4O3. The number of carbonyl (C=O) groups excluding carboxylic acids is 2. The summed E-state index contributed by atoms with van der Waals surface area (Å²) in [5.41, 5.74) is 4.42. The van der Waals surface area contributed by atoms with Crippen LogP contribution in [0.15, 0.2) is 53.9 Å². The first-order valence-electron chi connectivity index (χ1n) is 7.71. The second-order valence-corrected chi connectivity index (χ2v) is 5.37. The molecule has 2 rings (SSSR count). The smallest absolute Gasteiger partial charge is 0.244 e. The van der Waals surface area contributed by atoms with E-state index in [1.54, 1.807) is 50.7 Å². The molecule has 0 aliphatic heterocycles. The van der Waals surface area contributed by atoms with Gasteiger partial charge in [0.1, 0.15) is 5.75 Å². The fourth-order valence-electron chi connectivity index (χ4n) is 2.04. The molecule has 2 aromatic rings. The van der Waals surface area contributed by atoms with Gasteiger partial charge < -0.3 is 10.1 Å². The average molecular weight is 340 g/mol. The number of hydrazone groups is 1. The number of nitrogens with one attached hydrogen (secondary N) is 2. The Hall–Kier alpha value is -3.22. The lowest BCUT2D eigenvalue weighted by Gasteiger charge is -2.05. The van der Waals surface area contributed by atoms with Gasteiger partial charge in [-0.1, -0.05) is 12.1 Å². The van der Waals surface area contributed by atoms with Crippen molar-refractivity contribution >= 4 is 23.2 Å². The monoisotopic (exact) mass is 340 g/mol. The highest BCUT2D eigenvalue weighted by molar-refractivity contribution is 6.05. The number of aromatic nitrogens is 1. The summed E-state index contributed by atoms with van der Waals surface area (Å²) in [5.74, 6) is 0.258. The minimum atomic E-state index is -0.253. The first-order chi connectivity index (χ1) is 12.1. The predicted molar refractivity (Wildman–Crippen MR) is 95.4 cm³/mol. The maximum absolute atomic E-state index is 11.9. The second-order valence-electron chi connectivity index (χ2n) is 5.37. The van der Waals surface area contributed by atoms with Crippen molar-refractivity contribution in [3.05, 3.63) is 54.4 Å². The molecule has 0 saturated heterocycles. The molecule has 0 unspecified atom stereocenters. The maximum atomic E-state index is 11.9. The molecule has 0 saturated carbocycles. The summed E-state index contributed by atoms with van der Waals surface area (Å²) in [4.78, 5) is 27.7. The Morgan fingerprint density at radius 1 is 1.16 bits per heavy atom. The molecule has 0 fully saturated rings. The minimum Gasteiger partial charge on any atom is -0.497 e. The van der Waals surface area contributed by atoms with Gasteiger partial charge >= 0.3 is 0 Å². The number of nitrogens with zero attached hydrogens (tertiary/aromatic N) is 2. The van der Waals surface area contributed by atoms with E-state index in [1.165, 1.54) is 0 Å². The molecule has 25 heavy (non-hydrogen) atoms. The average Bonchev–Trinajstić information content (AvgIpc) is 2.61. The van der Waals surface area contributed by atoms with Gasteiger partial charge in [-0.2, -0.15) is 5.10 Å². The van der Waals surface area contributed by atoms with E-state index in [0.29, 0.717) is 11.4 Å². The van der Waals surface area contributed by atoms with Crippen LogP contribution in [-0.4, -0.2) is 29.6 Å². The highest BCUT2D eigenvalue weighted by Crippen LogP contribution is 2.11. The van der Waals surface area contributed by atoms with Gasteiger partial charge in [0.25, 0.3) is 0 Å². The molecule has 7 heteroatoms. The number of pyridine rings is 1. The Labute approximate surface area is 146 Å². The highest BCUT2D eigenvalue weighted by atomic mass is 16.5. The Bertz CT molecular complexity index is 743. The predicted octanol–water partition coefficient (Wildman–Crippen LogP) is 2.15. The minimum absolute atomic E-state index is 0.0811. The van der Waals surface area contributed by atoms with Crippen molar-refractivity contribution in [2.75, 3.05) is 12.4 Å². The number of ether oxygens (including phenoxy) is 1. The van der Waals surface area contributed by atoms with Crippen LogP contribution in [-0.2, 0) is 16.0 Å². The summed E-state index contributed by atoms with van der Waals surface area (Å²) < 4.78 is 5.07. The number of amides is 2. The molecule has 2 amide bonds. The molecule has 2 N–H and O–H groups in total. The molecule has 0 bridgehead atoms. The van der Waals surface area contributed by atoms with Crippen LogP contribution in [0.5, 0.6) is 5.75 Å². The van der Waals surface area contributed by atoms with Crippen LogP contribution in [0.2, 0.25) is 0 Å². The summed E-state index contributed by atoms with van der Waals surface area (Å²) in [7, 11) is 1.59. The van der Waals surface area contributed by atoms with Crippen molar-refractivity contribution in [1.82, 2.24) is 10.4 Å². The van der Waals surface area contributed by atoms with Gasteiger partial charge in [0.05, 0.1) is 31.8 Å². The van der Waals surface area contributed by atoms with Gasteiger partial charge in [-0.15, -0.1) is 0 Å². The molecular weight excluding hydrogens is 320 g/mol. The third-order valence-electron chi connectivity index (χ3n) is 3.26. The van der Waals surface area contributed by atoms with E-state index in [9.17, 15) is 9.59 Å². The Balaban J connectivity index is 1.79. The summed E-state index contributed by atoms with van der Waals surface area (Å²) in [5, 5.41) is 6.66. The van der Waals surface area contributed by atoms with E-state index in [4.69, 9.17) is 4.74 Å². The first kappa shape index (κ1) is 18.1. The van der Waals surface area contributed by atoms with Crippen LogP contribution in [0.25, 0.3) is 0 Å². The Kier molecular flexibility index (Phi) is 6.65. The Morgan fingerprint density at radius 3 is 2.56 bits per heavy atom. The van der Waals surface area contributed by atoms with Crippen LogP contribution in [0, 0.1) is 0 Å². The van der Waals surface area contributed by atoms with E-state index in [1.807, 2.05) is 12.1 Å². The SMILES string of the molecule is COc1ccc(CC(=O)N/N=C(\C)CC(=O)Nc2cccnc2)cc1. The zero-order valence-electron chi connectivity index (χ0n) is 14.2. The number of methoxy groups -OCH3 is 1. The summed E-state index contributed by atoms with van der Waals surface area (Å²) >= 11 is 0. The summed E-state index contributed by atoms with van der Waals surface area (Å²) in [6.07, 6.45) is 3.46. The van der Waals surface area contributed by atoms with Crippen LogP contribution < -0.4 is 15.5 Å². The van der Waals surface area contributed by atoms with Crippen molar-refractivity contribution in [2.24, 2.45) is 5.10 Å². The van der Waals surface area contributed by atoms with Gasteiger partial charge in [-0.25, -0.2) is 5.43 Å². The van der Waals surface area contributed by atoms with Crippen LogP contribution >= 0.6 is 0 Å². The zero-order valence-corrected chi connectivity index (χ0v) is 14.2. The Morgan fingerprint density at radius 2 is 1.92 bits per heavy atom.